The van der Waals surface area contributed by atoms with Crippen LogP contribution in [0.15, 0.2) is 29.8 Å². The molecule has 2 aromatic heterocycles. The average molecular weight is 357 g/mol. The quantitative estimate of drug-likeness (QED) is 0.835. The van der Waals surface area contributed by atoms with Gasteiger partial charge in [0.25, 0.3) is 5.91 Å². The fourth-order valence-corrected chi connectivity index (χ4v) is 4.76. The van der Waals surface area contributed by atoms with Crippen molar-refractivity contribution in [3.05, 3.63) is 45.9 Å². The van der Waals surface area contributed by atoms with Gasteiger partial charge in [0.05, 0.1) is 6.54 Å². The maximum absolute atomic E-state index is 12.7. The number of Topliss-reactive ketones (excluding diaryl/α,β-unsaturated/α-hetero) is 1. The largest absolute Gasteiger partial charge is 0.356 e. The molecule has 2 saturated heterocycles. The van der Waals surface area contributed by atoms with E-state index in [2.05, 4.69) is 27.4 Å². The number of carbonyl (C=O) groups is 2. The van der Waals surface area contributed by atoms with Gasteiger partial charge in [-0.15, -0.1) is 11.3 Å². The number of hydrogen-bond acceptors (Lipinski definition) is 4. The Morgan fingerprint density at radius 3 is 2.80 bits per heavy atom. The Labute approximate surface area is 151 Å². The summed E-state index contributed by atoms with van der Waals surface area (Å²) in [5.74, 6) is 0.0920. The lowest BCUT2D eigenvalue weighted by atomic mass is 10.1. The zero-order valence-corrected chi connectivity index (χ0v) is 15.1. The van der Waals surface area contributed by atoms with Crippen LogP contribution in [0.25, 0.3) is 0 Å². The molecule has 0 saturated carbocycles. The van der Waals surface area contributed by atoms with Gasteiger partial charge in [-0.25, -0.2) is 0 Å². The third-order valence-electron chi connectivity index (χ3n) is 5.21. The van der Waals surface area contributed by atoms with E-state index in [1.165, 1.54) is 4.88 Å². The first-order valence-corrected chi connectivity index (χ1v) is 9.88. The van der Waals surface area contributed by atoms with Crippen LogP contribution in [-0.2, 0) is 0 Å². The highest BCUT2D eigenvalue weighted by Crippen LogP contribution is 2.34. The second-order valence-corrected chi connectivity index (χ2v) is 7.85. The zero-order valence-electron chi connectivity index (χ0n) is 14.2. The molecule has 5 nitrogen and oxygen atoms in total. The molecule has 6 heteroatoms. The molecule has 1 amide bonds. The average Bonchev–Trinajstić information content (AvgIpc) is 3.41. The minimum atomic E-state index is 0.00850. The molecular formula is C19H23N3O2S. The number of H-pyrrole nitrogens is 1. The van der Waals surface area contributed by atoms with E-state index in [-0.39, 0.29) is 11.7 Å². The zero-order chi connectivity index (χ0) is 17.2. The molecule has 0 unspecified atom stereocenters. The van der Waals surface area contributed by atoms with E-state index < -0.39 is 0 Å². The number of amides is 1. The molecule has 25 heavy (non-hydrogen) atoms. The maximum Gasteiger partial charge on any atom is 0.270 e. The third-order valence-corrected chi connectivity index (χ3v) is 6.18. The fourth-order valence-electron chi connectivity index (χ4n) is 3.86. The molecular weight excluding hydrogens is 334 g/mol. The second-order valence-electron chi connectivity index (χ2n) is 6.87. The van der Waals surface area contributed by atoms with Crippen molar-refractivity contribution < 1.29 is 9.59 Å². The van der Waals surface area contributed by atoms with Crippen molar-refractivity contribution in [3.63, 3.8) is 0 Å². The summed E-state index contributed by atoms with van der Waals surface area (Å²) in [6.07, 6.45) is 6.05. The third kappa shape index (κ3) is 3.41. The predicted molar refractivity (Wildman–Crippen MR) is 98.1 cm³/mol. The van der Waals surface area contributed by atoms with Crippen LogP contribution in [0.3, 0.4) is 0 Å². The minimum Gasteiger partial charge on any atom is -0.356 e. The monoisotopic (exact) mass is 357 g/mol. The van der Waals surface area contributed by atoms with Gasteiger partial charge in [0.1, 0.15) is 5.69 Å². The number of aromatic amines is 1. The Balaban J connectivity index is 1.42. The maximum atomic E-state index is 12.7. The molecule has 1 N–H and O–H groups in total. The molecule has 2 aromatic rings. The van der Waals surface area contributed by atoms with Crippen LogP contribution in [0.1, 0.15) is 57.4 Å². The van der Waals surface area contributed by atoms with Gasteiger partial charge in [0.2, 0.25) is 0 Å². The number of carbonyl (C=O) groups excluding carboxylic acids is 2. The Morgan fingerprint density at radius 2 is 2.04 bits per heavy atom. The van der Waals surface area contributed by atoms with Crippen LogP contribution in [0.5, 0.6) is 0 Å². The Hall–Kier alpha value is -1.92. The molecule has 132 valence electrons. The number of nitrogens with one attached hydrogen (secondary N) is 1. The van der Waals surface area contributed by atoms with Gasteiger partial charge in [0, 0.05) is 35.8 Å². The van der Waals surface area contributed by atoms with Crippen molar-refractivity contribution in [3.8, 4) is 0 Å². The lowest BCUT2D eigenvalue weighted by Gasteiger charge is -2.22. The number of hydrogen-bond donors (Lipinski definition) is 1. The van der Waals surface area contributed by atoms with E-state index in [9.17, 15) is 9.59 Å². The second kappa shape index (κ2) is 7.14. The molecule has 0 aliphatic carbocycles. The highest BCUT2D eigenvalue weighted by molar-refractivity contribution is 7.10. The van der Waals surface area contributed by atoms with E-state index in [1.807, 2.05) is 4.90 Å². The van der Waals surface area contributed by atoms with Crippen molar-refractivity contribution >= 4 is 23.0 Å². The van der Waals surface area contributed by atoms with E-state index in [0.29, 0.717) is 23.8 Å². The highest BCUT2D eigenvalue weighted by Gasteiger charge is 2.29. The number of thiophene rings is 1. The van der Waals surface area contributed by atoms with Crippen molar-refractivity contribution in [1.29, 1.82) is 0 Å². The predicted octanol–water partition coefficient (Wildman–Crippen LogP) is 3.33. The van der Waals surface area contributed by atoms with E-state index in [4.69, 9.17) is 0 Å². The molecule has 0 aromatic carbocycles. The van der Waals surface area contributed by atoms with E-state index in [1.54, 1.807) is 23.6 Å². The normalized spacial score (nSPS) is 21.1. The van der Waals surface area contributed by atoms with Crippen LogP contribution >= 0.6 is 11.3 Å². The molecule has 2 fully saturated rings. The fraction of sp³-hybridized carbons (Fsp3) is 0.474. The van der Waals surface area contributed by atoms with E-state index >= 15 is 0 Å². The van der Waals surface area contributed by atoms with Crippen molar-refractivity contribution in [2.24, 2.45) is 0 Å². The molecule has 0 spiro atoms. The highest BCUT2D eigenvalue weighted by atomic mass is 32.1. The summed E-state index contributed by atoms with van der Waals surface area (Å²) < 4.78 is 0. The first kappa shape index (κ1) is 16.5. The van der Waals surface area contributed by atoms with Crippen LogP contribution < -0.4 is 0 Å². The molecule has 0 bridgehead atoms. The molecule has 2 aliphatic heterocycles. The van der Waals surface area contributed by atoms with Crippen molar-refractivity contribution in [1.82, 2.24) is 14.8 Å². The van der Waals surface area contributed by atoms with Crippen LogP contribution in [-0.4, -0.2) is 52.7 Å². The summed E-state index contributed by atoms with van der Waals surface area (Å²) in [7, 11) is 0. The first-order chi connectivity index (χ1) is 12.2. The number of rotatable bonds is 5. The van der Waals surface area contributed by atoms with E-state index in [0.717, 1.165) is 45.3 Å². The number of likely N-dealkylation sites (tertiary alicyclic amines) is 2. The Kier molecular flexibility index (Phi) is 4.72. The molecule has 4 rings (SSSR count). The standard InChI is InChI=1S/C19H23N3O2S/c23-17(13-22-9-3-5-16(22)18-6-4-10-25-18)14-11-15(20-12-14)19(24)21-7-1-2-8-21/h4,6,10-12,16,20H,1-3,5,7-9,13H2/t16-/m1/s1. The number of nitrogens with zero attached hydrogens (tertiary/aromatic N) is 2. The van der Waals surface area contributed by atoms with Crippen molar-refractivity contribution in [2.75, 3.05) is 26.2 Å². The lowest BCUT2D eigenvalue weighted by Crippen LogP contribution is -2.29. The number of ketones is 1. The Bertz CT molecular complexity index is 747. The molecule has 1 atom stereocenters. The Morgan fingerprint density at radius 1 is 1.20 bits per heavy atom. The molecule has 2 aliphatic rings. The minimum absolute atomic E-state index is 0.00850. The SMILES string of the molecule is O=C(CN1CCC[C@@H]1c1cccs1)c1c[nH]c(C(=O)N2CCCC2)c1. The molecule has 4 heterocycles. The van der Waals surface area contributed by atoms with Crippen LogP contribution in [0, 0.1) is 0 Å². The van der Waals surface area contributed by atoms with Gasteiger partial charge in [0.15, 0.2) is 5.78 Å². The summed E-state index contributed by atoms with van der Waals surface area (Å²) in [5, 5.41) is 2.09. The van der Waals surface area contributed by atoms with Crippen LogP contribution in [0.2, 0.25) is 0 Å². The van der Waals surface area contributed by atoms with Crippen LogP contribution in [0.4, 0.5) is 0 Å². The molecule has 0 radical (unpaired) electrons. The topological polar surface area (TPSA) is 56.4 Å². The first-order valence-electron chi connectivity index (χ1n) is 9.01. The lowest BCUT2D eigenvalue weighted by molar-refractivity contribution is 0.0787. The van der Waals surface area contributed by atoms with Gasteiger partial charge in [-0.05, 0) is 49.7 Å². The summed E-state index contributed by atoms with van der Waals surface area (Å²) in [5.41, 5.74) is 1.14. The van der Waals surface area contributed by atoms with Gasteiger partial charge in [-0.3, -0.25) is 14.5 Å². The summed E-state index contributed by atoms with van der Waals surface area (Å²) in [4.78, 5) is 33.6. The van der Waals surface area contributed by atoms with Gasteiger partial charge in [-0.2, -0.15) is 0 Å². The van der Waals surface area contributed by atoms with Gasteiger partial charge in [-0.1, -0.05) is 6.07 Å². The smallest absolute Gasteiger partial charge is 0.270 e. The summed E-state index contributed by atoms with van der Waals surface area (Å²) >= 11 is 1.76. The van der Waals surface area contributed by atoms with Crippen molar-refractivity contribution in [2.45, 2.75) is 31.7 Å². The van der Waals surface area contributed by atoms with Gasteiger partial charge >= 0.3 is 0 Å². The number of aromatic nitrogens is 1. The summed E-state index contributed by atoms with van der Waals surface area (Å²) in [6, 6.07) is 6.30. The van der Waals surface area contributed by atoms with Gasteiger partial charge < -0.3 is 9.88 Å². The summed E-state index contributed by atoms with van der Waals surface area (Å²) in [6.45, 7) is 3.00.